The highest BCUT2D eigenvalue weighted by Gasteiger charge is 2.26. The van der Waals surface area contributed by atoms with Gasteiger partial charge in [-0.2, -0.15) is 4.31 Å². The Labute approximate surface area is 168 Å². The average Bonchev–Trinajstić information content (AvgIpc) is 3.31. The van der Waals surface area contributed by atoms with Gasteiger partial charge in [0.25, 0.3) is 0 Å². The van der Waals surface area contributed by atoms with Crippen LogP contribution < -0.4 is 14.8 Å². The molecule has 0 spiro atoms. The maximum Gasteiger partial charge on any atom is 0.354 e. The predicted molar refractivity (Wildman–Crippen MR) is 101 cm³/mol. The van der Waals surface area contributed by atoms with Gasteiger partial charge in [0.2, 0.25) is 22.7 Å². The third-order valence-electron chi connectivity index (χ3n) is 4.38. The summed E-state index contributed by atoms with van der Waals surface area (Å²) in [6, 6.07) is 6.49. The van der Waals surface area contributed by atoms with E-state index in [9.17, 15) is 18.0 Å². The summed E-state index contributed by atoms with van der Waals surface area (Å²) in [4.78, 5) is 23.8. The normalized spacial score (nSPS) is 12.8. The highest BCUT2D eigenvalue weighted by Crippen LogP contribution is 2.32. The summed E-state index contributed by atoms with van der Waals surface area (Å²) in [5, 5.41) is 2.67. The van der Waals surface area contributed by atoms with Gasteiger partial charge < -0.3 is 24.1 Å². The molecule has 0 atom stereocenters. The highest BCUT2D eigenvalue weighted by atomic mass is 32.2. The molecular weight excluding hydrogens is 402 g/mol. The van der Waals surface area contributed by atoms with E-state index in [0.29, 0.717) is 11.5 Å². The Hall–Kier alpha value is -3.05. The van der Waals surface area contributed by atoms with E-state index in [1.165, 1.54) is 38.0 Å². The van der Waals surface area contributed by atoms with E-state index >= 15 is 0 Å². The minimum atomic E-state index is -3.96. The van der Waals surface area contributed by atoms with E-state index in [-0.39, 0.29) is 30.5 Å². The molecule has 1 aliphatic heterocycles. The van der Waals surface area contributed by atoms with Crippen LogP contribution in [-0.4, -0.2) is 56.7 Å². The van der Waals surface area contributed by atoms with Crippen LogP contribution in [0.3, 0.4) is 0 Å². The molecular formula is C18H21N3O7S. The van der Waals surface area contributed by atoms with E-state index in [4.69, 9.17) is 9.47 Å². The molecule has 11 heteroatoms. The number of nitrogens with one attached hydrogen (secondary N) is 1. The number of rotatable bonds is 7. The Morgan fingerprint density at radius 2 is 1.97 bits per heavy atom. The molecule has 0 fully saturated rings. The molecule has 1 aliphatic rings. The van der Waals surface area contributed by atoms with Gasteiger partial charge in [0.1, 0.15) is 10.6 Å². The second-order valence-electron chi connectivity index (χ2n) is 6.39. The lowest BCUT2D eigenvalue weighted by atomic mass is 10.2. The maximum absolute atomic E-state index is 12.7. The number of carbonyl (C=O) groups is 2. The maximum atomic E-state index is 12.7. The molecule has 0 aliphatic carbocycles. The molecule has 0 bridgehead atoms. The van der Waals surface area contributed by atoms with Gasteiger partial charge in [0.15, 0.2) is 11.5 Å². The van der Waals surface area contributed by atoms with E-state index in [1.54, 1.807) is 18.2 Å². The van der Waals surface area contributed by atoms with Crippen LogP contribution in [-0.2, 0) is 33.1 Å². The van der Waals surface area contributed by atoms with Crippen LogP contribution in [0.15, 0.2) is 35.4 Å². The van der Waals surface area contributed by atoms with Crippen molar-refractivity contribution < 1.29 is 32.2 Å². The number of methoxy groups -OCH3 is 1. The van der Waals surface area contributed by atoms with Gasteiger partial charge in [-0.15, -0.1) is 0 Å². The van der Waals surface area contributed by atoms with Crippen molar-refractivity contribution in [2.45, 2.75) is 11.4 Å². The molecule has 0 saturated carbocycles. The summed E-state index contributed by atoms with van der Waals surface area (Å²) < 4.78 is 42.8. The van der Waals surface area contributed by atoms with Gasteiger partial charge in [0, 0.05) is 26.8 Å². The van der Waals surface area contributed by atoms with E-state index < -0.39 is 21.9 Å². The number of sulfonamides is 1. The molecule has 2 aromatic rings. The summed E-state index contributed by atoms with van der Waals surface area (Å²) >= 11 is 0. The summed E-state index contributed by atoms with van der Waals surface area (Å²) in [5.74, 6) is 0.109. The molecule has 29 heavy (non-hydrogen) atoms. The van der Waals surface area contributed by atoms with Crippen molar-refractivity contribution >= 4 is 21.9 Å². The Kier molecular flexibility index (Phi) is 5.80. The third kappa shape index (κ3) is 4.35. The molecule has 3 rings (SSSR count). The van der Waals surface area contributed by atoms with Crippen molar-refractivity contribution in [3.8, 4) is 11.5 Å². The molecule has 156 valence electrons. The topological polar surface area (TPSA) is 116 Å². The Morgan fingerprint density at radius 1 is 1.24 bits per heavy atom. The van der Waals surface area contributed by atoms with Gasteiger partial charge in [-0.05, 0) is 23.8 Å². The van der Waals surface area contributed by atoms with Crippen LogP contribution >= 0.6 is 0 Å². The van der Waals surface area contributed by atoms with Crippen molar-refractivity contribution in [1.82, 2.24) is 14.2 Å². The fourth-order valence-corrected chi connectivity index (χ4v) is 3.96. The van der Waals surface area contributed by atoms with Crippen LogP contribution in [0, 0.1) is 0 Å². The molecule has 1 aromatic carbocycles. The van der Waals surface area contributed by atoms with Gasteiger partial charge in [-0.25, -0.2) is 13.2 Å². The number of benzene rings is 1. The standard InChI is InChI=1S/C18H21N3O7S/c1-20-9-13(7-14(20)18(23)26-3)29(24,25)21(2)10-17(22)19-8-12-4-5-15-16(6-12)28-11-27-15/h4-7,9H,8,10-11H2,1-3H3,(H,19,22). The molecule has 2 heterocycles. The minimum absolute atomic E-state index is 0.0896. The Balaban J connectivity index is 1.62. The number of aryl methyl sites for hydroxylation is 1. The molecule has 0 radical (unpaired) electrons. The SMILES string of the molecule is COC(=O)c1cc(S(=O)(=O)N(C)CC(=O)NCc2ccc3c(c2)OCO3)cn1C. The van der Waals surface area contributed by atoms with Gasteiger partial charge in [0.05, 0.1) is 13.7 Å². The van der Waals surface area contributed by atoms with Crippen LogP contribution in [0.2, 0.25) is 0 Å². The molecule has 0 unspecified atom stereocenters. The van der Waals surface area contributed by atoms with Crippen LogP contribution in [0.25, 0.3) is 0 Å². The summed E-state index contributed by atoms with van der Waals surface area (Å²) in [6.07, 6.45) is 1.29. The number of aromatic nitrogens is 1. The third-order valence-corrected chi connectivity index (χ3v) is 6.14. The number of esters is 1. The fourth-order valence-electron chi connectivity index (χ4n) is 2.76. The molecule has 10 nitrogen and oxygen atoms in total. The zero-order valence-electron chi connectivity index (χ0n) is 16.2. The van der Waals surface area contributed by atoms with Crippen molar-refractivity contribution in [3.63, 3.8) is 0 Å². The number of ether oxygens (including phenoxy) is 3. The lowest BCUT2D eigenvalue weighted by Crippen LogP contribution is -2.38. The fraction of sp³-hybridized carbons (Fsp3) is 0.333. The monoisotopic (exact) mass is 423 g/mol. The smallest absolute Gasteiger partial charge is 0.354 e. The first-order valence-corrected chi connectivity index (χ1v) is 10.0. The van der Waals surface area contributed by atoms with E-state index in [1.807, 2.05) is 0 Å². The number of carbonyl (C=O) groups excluding carboxylic acids is 2. The zero-order chi connectivity index (χ0) is 21.2. The lowest BCUT2D eigenvalue weighted by Gasteiger charge is -2.16. The summed E-state index contributed by atoms with van der Waals surface area (Å²) in [7, 11) is 0.0704. The van der Waals surface area contributed by atoms with Crippen molar-refractivity contribution in [2.24, 2.45) is 7.05 Å². The van der Waals surface area contributed by atoms with Gasteiger partial charge in [-0.1, -0.05) is 6.07 Å². The average molecular weight is 423 g/mol. The quantitative estimate of drug-likeness (QED) is 0.644. The minimum Gasteiger partial charge on any atom is -0.464 e. The number of amides is 1. The number of hydrogen-bond acceptors (Lipinski definition) is 7. The van der Waals surface area contributed by atoms with E-state index in [0.717, 1.165) is 9.87 Å². The highest BCUT2D eigenvalue weighted by molar-refractivity contribution is 7.89. The lowest BCUT2D eigenvalue weighted by molar-refractivity contribution is -0.121. The Morgan fingerprint density at radius 3 is 2.69 bits per heavy atom. The summed E-state index contributed by atoms with van der Waals surface area (Å²) in [6.45, 7) is -0.0124. The van der Waals surface area contributed by atoms with Crippen molar-refractivity contribution in [2.75, 3.05) is 27.5 Å². The predicted octanol–water partition coefficient (Wildman–Crippen LogP) is 0.477. The second-order valence-corrected chi connectivity index (χ2v) is 8.43. The molecule has 1 N–H and O–H groups in total. The van der Waals surface area contributed by atoms with Crippen molar-refractivity contribution in [1.29, 1.82) is 0 Å². The molecule has 0 saturated heterocycles. The van der Waals surface area contributed by atoms with E-state index in [2.05, 4.69) is 10.1 Å². The first-order chi connectivity index (χ1) is 13.7. The number of nitrogens with zero attached hydrogens (tertiary/aromatic N) is 2. The molecule has 1 aromatic heterocycles. The van der Waals surface area contributed by atoms with Crippen LogP contribution in [0.1, 0.15) is 16.1 Å². The number of hydrogen-bond donors (Lipinski definition) is 1. The van der Waals surface area contributed by atoms with Gasteiger partial charge in [-0.3, -0.25) is 4.79 Å². The Bertz CT molecular complexity index is 1050. The van der Waals surface area contributed by atoms with Gasteiger partial charge >= 0.3 is 5.97 Å². The van der Waals surface area contributed by atoms with Crippen LogP contribution in [0.4, 0.5) is 0 Å². The summed E-state index contributed by atoms with van der Waals surface area (Å²) in [5.41, 5.74) is 0.880. The second kappa shape index (κ2) is 8.13. The van der Waals surface area contributed by atoms with Crippen LogP contribution in [0.5, 0.6) is 11.5 Å². The number of fused-ring (bicyclic) bond motifs is 1. The number of likely N-dealkylation sites (N-methyl/N-ethyl adjacent to an activating group) is 1. The first kappa shape index (κ1) is 20.7. The first-order valence-electron chi connectivity index (χ1n) is 8.58. The molecule has 1 amide bonds. The zero-order valence-corrected chi connectivity index (χ0v) is 17.0. The van der Waals surface area contributed by atoms with Crippen molar-refractivity contribution in [3.05, 3.63) is 41.7 Å². The largest absolute Gasteiger partial charge is 0.464 e.